The van der Waals surface area contributed by atoms with Gasteiger partial charge >= 0.3 is 0 Å². The third-order valence-electron chi connectivity index (χ3n) is 5.81. The van der Waals surface area contributed by atoms with E-state index in [4.69, 9.17) is 4.98 Å². The Labute approximate surface area is 205 Å². The molecule has 8 nitrogen and oxygen atoms in total. The number of hydrogen-bond donors (Lipinski definition) is 1. The van der Waals surface area contributed by atoms with Gasteiger partial charge < -0.3 is 5.32 Å². The van der Waals surface area contributed by atoms with E-state index in [0.29, 0.717) is 16.2 Å². The molecule has 0 aliphatic heterocycles. The number of rotatable bonds is 6. The number of thiazole rings is 1. The van der Waals surface area contributed by atoms with Gasteiger partial charge in [-0.2, -0.15) is 5.10 Å². The maximum absolute atomic E-state index is 12.8. The van der Waals surface area contributed by atoms with Gasteiger partial charge in [0.05, 0.1) is 23.1 Å². The molecule has 1 N–H and O–H groups in total. The van der Waals surface area contributed by atoms with E-state index in [1.807, 2.05) is 19.1 Å². The fraction of sp³-hybridized carbons (Fsp3) is 0.192. The number of nitrogens with zero attached hydrogens (tertiary/aromatic N) is 5. The monoisotopic (exact) mass is 484 g/mol. The number of benzene rings is 2. The van der Waals surface area contributed by atoms with Crippen molar-refractivity contribution in [2.24, 2.45) is 7.05 Å². The van der Waals surface area contributed by atoms with Crippen LogP contribution >= 0.6 is 11.3 Å². The molecule has 2 aromatic carbocycles. The van der Waals surface area contributed by atoms with Crippen LogP contribution in [0, 0.1) is 13.8 Å². The van der Waals surface area contributed by atoms with E-state index >= 15 is 0 Å². The average Bonchev–Trinajstić information content (AvgIpc) is 3.44. The molecule has 5 aromatic rings. The van der Waals surface area contributed by atoms with Crippen LogP contribution < -0.4 is 10.9 Å². The first-order chi connectivity index (χ1) is 16.9. The molecule has 0 saturated carbocycles. The molecule has 0 fully saturated rings. The second kappa shape index (κ2) is 9.27. The minimum atomic E-state index is -0.220. The van der Waals surface area contributed by atoms with Gasteiger partial charge in [-0.1, -0.05) is 71.0 Å². The molecule has 1 amide bonds. The molecule has 3 heterocycles. The highest BCUT2D eigenvalue weighted by Gasteiger charge is 2.17. The van der Waals surface area contributed by atoms with Crippen molar-refractivity contribution in [1.82, 2.24) is 24.3 Å². The predicted molar refractivity (Wildman–Crippen MR) is 138 cm³/mol. The number of nitrogens with one attached hydrogen (secondary N) is 1. The second-order valence-corrected chi connectivity index (χ2v) is 9.47. The quantitative estimate of drug-likeness (QED) is 0.381. The first kappa shape index (κ1) is 22.7. The Morgan fingerprint density at radius 1 is 1.00 bits per heavy atom. The number of anilines is 1. The zero-order valence-electron chi connectivity index (χ0n) is 19.6. The summed E-state index contributed by atoms with van der Waals surface area (Å²) in [5.74, 6) is -0.220. The third kappa shape index (κ3) is 4.63. The number of aromatic nitrogens is 5. The standard InChI is InChI=1S/C26H24N6O2S/c1-16-4-8-18(9-5-16)22-23(19-10-6-17(2)7-11-19)35-26(30-22)29-21(33)12-13-32-15-27-24-20(25(32)34)14-28-31(24)3/h4-11,14-15H,12-13H2,1-3H3,(H,29,30,33). The van der Waals surface area contributed by atoms with Crippen molar-refractivity contribution < 1.29 is 4.79 Å². The Kier molecular flexibility index (Phi) is 6.00. The van der Waals surface area contributed by atoms with E-state index in [9.17, 15) is 9.59 Å². The van der Waals surface area contributed by atoms with Crippen LogP contribution in [0.4, 0.5) is 5.13 Å². The summed E-state index contributed by atoms with van der Waals surface area (Å²) >= 11 is 1.44. The molecule has 0 unspecified atom stereocenters. The highest BCUT2D eigenvalue weighted by atomic mass is 32.1. The summed E-state index contributed by atoms with van der Waals surface area (Å²) in [6.45, 7) is 4.31. The number of carbonyl (C=O) groups is 1. The molecule has 0 aliphatic rings. The number of aryl methyl sites for hydroxylation is 4. The molecule has 0 saturated heterocycles. The van der Waals surface area contributed by atoms with Crippen molar-refractivity contribution in [3.05, 3.63) is 82.5 Å². The Morgan fingerprint density at radius 2 is 1.66 bits per heavy atom. The molecular weight excluding hydrogens is 460 g/mol. The summed E-state index contributed by atoms with van der Waals surface area (Å²) in [5.41, 5.74) is 5.52. The van der Waals surface area contributed by atoms with Crippen LogP contribution in [-0.2, 0) is 18.4 Å². The van der Waals surface area contributed by atoms with E-state index in [0.717, 1.165) is 21.7 Å². The van der Waals surface area contributed by atoms with E-state index in [2.05, 4.69) is 58.7 Å². The molecule has 0 aliphatic carbocycles. The van der Waals surface area contributed by atoms with Crippen LogP contribution in [0.2, 0.25) is 0 Å². The molecule has 0 atom stereocenters. The summed E-state index contributed by atoms with van der Waals surface area (Å²) in [5, 5.41) is 7.94. The number of carbonyl (C=O) groups excluding carboxylic acids is 1. The summed E-state index contributed by atoms with van der Waals surface area (Å²) in [7, 11) is 1.73. The lowest BCUT2D eigenvalue weighted by Crippen LogP contribution is -2.23. The molecule has 35 heavy (non-hydrogen) atoms. The van der Waals surface area contributed by atoms with Crippen LogP contribution in [0.1, 0.15) is 17.5 Å². The largest absolute Gasteiger partial charge is 0.302 e. The maximum atomic E-state index is 12.8. The first-order valence-corrected chi connectivity index (χ1v) is 12.0. The Balaban J connectivity index is 1.38. The van der Waals surface area contributed by atoms with E-state index in [1.54, 1.807) is 11.7 Å². The van der Waals surface area contributed by atoms with Crippen LogP contribution in [-0.4, -0.2) is 30.2 Å². The molecule has 0 radical (unpaired) electrons. The van der Waals surface area contributed by atoms with Gasteiger partial charge in [-0.05, 0) is 19.4 Å². The van der Waals surface area contributed by atoms with Crippen molar-refractivity contribution in [1.29, 1.82) is 0 Å². The van der Waals surface area contributed by atoms with Crippen LogP contribution in [0.5, 0.6) is 0 Å². The number of hydrogen-bond acceptors (Lipinski definition) is 6. The van der Waals surface area contributed by atoms with Crippen molar-refractivity contribution >= 4 is 33.4 Å². The smallest absolute Gasteiger partial charge is 0.264 e. The van der Waals surface area contributed by atoms with Gasteiger partial charge in [0.1, 0.15) is 5.39 Å². The summed E-state index contributed by atoms with van der Waals surface area (Å²) in [6, 6.07) is 16.5. The second-order valence-electron chi connectivity index (χ2n) is 8.48. The van der Waals surface area contributed by atoms with E-state index in [-0.39, 0.29) is 24.4 Å². The maximum Gasteiger partial charge on any atom is 0.264 e. The van der Waals surface area contributed by atoms with Crippen molar-refractivity contribution in [2.75, 3.05) is 5.32 Å². The molecular formula is C26H24N6O2S. The summed E-state index contributed by atoms with van der Waals surface area (Å²) in [4.78, 5) is 35.4. The lowest BCUT2D eigenvalue weighted by molar-refractivity contribution is -0.116. The van der Waals surface area contributed by atoms with Gasteiger partial charge in [0, 0.05) is 25.6 Å². The zero-order valence-corrected chi connectivity index (χ0v) is 20.5. The SMILES string of the molecule is Cc1ccc(-c2nc(NC(=O)CCn3cnc4c(cnn4C)c3=O)sc2-c2ccc(C)cc2)cc1. The fourth-order valence-corrected chi connectivity index (χ4v) is 4.82. The van der Waals surface area contributed by atoms with Gasteiger partial charge in [-0.15, -0.1) is 0 Å². The lowest BCUT2D eigenvalue weighted by Gasteiger charge is -2.05. The Morgan fingerprint density at radius 3 is 2.34 bits per heavy atom. The number of fused-ring (bicyclic) bond motifs is 1. The minimum Gasteiger partial charge on any atom is -0.302 e. The van der Waals surface area contributed by atoms with Crippen LogP contribution in [0.15, 0.2) is 65.8 Å². The lowest BCUT2D eigenvalue weighted by atomic mass is 10.0. The summed E-state index contributed by atoms with van der Waals surface area (Å²) in [6.07, 6.45) is 3.07. The van der Waals surface area contributed by atoms with Gasteiger partial charge in [0.2, 0.25) is 5.91 Å². The predicted octanol–water partition coefficient (Wildman–Crippen LogP) is 4.57. The first-order valence-electron chi connectivity index (χ1n) is 11.2. The fourth-order valence-electron chi connectivity index (χ4n) is 3.81. The highest BCUT2D eigenvalue weighted by molar-refractivity contribution is 7.19. The highest BCUT2D eigenvalue weighted by Crippen LogP contribution is 2.39. The van der Waals surface area contributed by atoms with Crippen molar-refractivity contribution in [3.8, 4) is 21.7 Å². The topological polar surface area (TPSA) is 94.7 Å². The van der Waals surface area contributed by atoms with Crippen LogP contribution in [0.25, 0.3) is 32.7 Å². The molecule has 176 valence electrons. The van der Waals surface area contributed by atoms with Crippen molar-refractivity contribution in [3.63, 3.8) is 0 Å². The van der Waals surface area contributed by atoms with Gasteiger partial charge in [-0.25, -0.2) is 9.97 Å². The molecule has 5 rings (SSSR count). The van der Waals surface area contributed by atoms with Gasteiger partial charge in [0.25, 0.3) is 5.56 Å². The van der Waals surface area contributed by atoms with E-state index < -0.39 is 0 Å². The Bertz CT molecular complexity index is 1520. The summed E-state index contributed by atoms with van der Waals surface area (Å²) < 4.78 is 2.98. The molecule has 0 spiro atoms. The molecule has 9 heteroatoms. The van der Waals surface area contributed by atoms with Gasteiger partial charge in [-0.3, -0.25) is 18.8 Å². The minimum absolute atomic E-state index is 0.118. The molecule has 0 bridgehead atoms. The Hall–Kier alpha value is -4.11. The van der Waals surface area contributed by atoms with Crippen LogP contribution in [0.3, 0.4) is 0 Å². The number of amides is 1. The van der Waals surface area contributed by atoms with Crippen molar-refractivity contribution in [2.45, 2.75) is 26.8 Å². The van der Waals surface area contributed by atoms with Gasteiger partial charge in [0.15, 0.2) is 10.8 Å². The normalized spacial score (nSPS) is 11.2. The van der Waals surface area contributed by atoms with E-state index in [1.165, 1.54) is 39.6 Å². The molecule has 3 aromatic heterocycles. The zero-order chi connectivity index (χ0) is 24.5. The average molecular weight is 485 g/mol. The third-order valence-corrected chi connectivity index (χ3v) is 6.83.